The van der Waals surface area contributed by atoms with E-state index in [4.69, 9.17) is 8.83 Å². The van der Waals surface area contributed by atoms with Crippen LogP contribution in [0.2, 0.25) is 0 Å². The molecule has 0 spiro atoms. The average Bonchev–Trinajstić information content (AvgIpc) is 3.36. The van der Waals surface area contributed by atoms with Crippen molar-refractivity contribution < 1.29 is 13.6 Å². The highest BCUT2D eigenvalue weighted by Crippen LogP contribution is 2.61. The first-order chi connectivity index (χ1) is 10.4. The summed E-state index contributed by atoms with van der Waals surface area (Å²) in [6.07, 6.45) is 3.79. The van der Waals surface area contributed by atoms with Crippen LogP contribution in [0.4, 0.5) is 0 Å². The van der Waals surface area contributed by atoms with E-state index in [9.17, 15) is 4.79 Å². The zero-order chi connectivity index (χ0) is 15.7. The molecule has 2 aliphatic carbocycles. The maximum atomic E-state index is 13.5. The van der Waals surface area contributed by atoms with Gasteiger partial charge in [-0.2, -0.15) is 0 Å². The van der Waals surface area contributed by atoms with Crippen LogP contribution in [0.3, 0.4) is 0 Å². The number of aryl methyl sites for hydroxylation is 4. The second-order valence-corrected chi connectivity index (χ2v) is 7.15. The number of rotatable bonds is 4. The Kier molecular flexibility index (Phi) is 2.62. The van der Waals surface area contributed by atoms with Crippen molar-refractivity contribution in [3.8, 4) is 0 Å². The molecule has 2 heterocycles. The Balaban J connectivity index is 1.76. The van der Waals surface area contributed by atoms with Gasteiger partial charge in [0.15, 0.2) is 5.78 Å². The van der Waals surface area contributed by atoms with Gasteiger partial charge in [-0.3, -0.25) is 4.79 Å². The summed E-state index contributed by atoms with van der Waals surface area (Å²) in [5, 5.41) is 0. The van der Waals surface area contributed by atoms with Crippen molar-refractivity contribution in [2.75, 3.05) is 0 Å². The number of furan rings is 2. The van der Waals surface area contributed by atoms with Gasteiger partial charge in [-0.15, -0.1) is 0 Å². The van der Waals surface area contributed by atoms with E-state index in [1.54, 1.807) is 0 Å². The zero-order valence-electron chi connectivity index (χ0n) is 13.7. The first-order valence-electron chi connectivity index (χ1n) is 8.09. The fourth-order valence-electron chi connectivity index (χ4n) is 4.16. The molecule has 2 aromatic heterocycles. The lowest BCUT2D eigenvalue weighted by atomic mass is 9.79. The van der Waals surface area contributed by atoms with Crippen LogP contribution in [-0.2, 0) is 15.6 Å². The van der Waals surface area contributed by atoms with Gasteiger partial charge in [-0.25, -0.2) is 0 Å². The van der Waals surface area contributed by atoms with Crippen molar-refractivity contribution in [1.82, 2.24) is 0 Å². The summed E-state index contributed by atoms with van der Waals surface area (Å²) >= 11 is 0. The number of carbonyl (C=O) groups is 1. The molecule has 3 nitrogen and oxygen atoms in total. The fourth-order valence-corrected chi connectivity index (χ4v) is 4.16. The average molecular weight is 298 g/mol. The van der Waals surface area contributed by atoms with Gasteiger partial charge in [-0.1, -0.05) is 0 Å². The summed E-state index contributed by atoms with van der Waals surface area (Å²) in [6.45, 7) is 7.85. The lowest BCUT2D eigenvalue weighted by Crippen LogP contribution is -2.33. The summed E-state index contributed by atoms with van der Waals surface area (Å²) < 4.78 is 11.4. The van der Waals surface area contributed by atoms with Crippen LogP contribution in [-0.4, -0.2) is 5.78 Å². The first kappa shape index (κ1) is 13.9. The predicted molar refractivity (Wildman–Crippen MR) is 83.2 cm³/mol. The molecule has 116 valence electrons. The molecule has 0 saturated heterocycles. The lowest BCUT2D eigenvalue weighted by molar-refractivity contribution is -0.124. The molecule has 0 aliphatic heterocycles. The maximum absolute atomic E-state index is 13.5. The molecule has 0 radical (unpaired) electrons. The molecule has 22 heavy (non-hydrogen) atoms. The van der Waals surface area contributed by atoms with Gasteiger partial charge >= 0.3 is 0 Å². The van der Waals surface area contributed by atoms with Crippen LogP contribution in [0.25, 0.3) is 0 Å². The Hall–Kier alpha value is -1.77. The van der Waals surface area contributed by atoms with Crippen molar-refractivity contribution >= 4 is 5.78 Å². The van der Waals surface area contributed by atoms with E-state index in [2.05, 4.69) is 12.1 Å². The first-order valence-corrected chi connectivity index (χ1v) is 8.09. The van der Waals surface area contributed by atoms with E-state index >= 15 is 0 Å². The molecular formula is C19H22O3. The lowest BCUT2D eigenvalue weighted by Gasteiger charge is -2.21. The normalized spacial score (nSPS) is 20.9. The second kappa shape index (κ2) is 4.15. The van der Waals surface area contributed by atoms with Crippen molar-refractivity contribution in [1.29, 1.82) is 0 Å². The van der Waals surface area contributed by atoms with Gasteiger partial charge in [0.1, 0.15) is 23.0 Å². The highest BCUT2D eigenvalue weighted by Gasteiger charge is 2.64. The molecule has 0 N–H and O–H groups in total. The summed E-state index contributed by atoms with van der Waals surface area (Å²) in [5.41, 5.74) is 1.60. The van der Waals surface area contributed by atoms with Crippen LogP contribution >= 0.6 is 0 Å². The van der Waals surface area contributed by atoms with Gasteiger partial charge in [0.2, 0.25) is 0 Å². The third-order valence-electron chi connectivity index (χ3n) is 5.48. The van der Waals surface area contributed by atoms with Gasteiger partial charge in [0.05, 0.1) is 10.8 Å². The minimum absolute atomic E-state index is 0.310. The van der Waals surface area contributed by atoms with E-state index in [0.717, 1.165) is 59.9 Å². The van der Waals surface area contributed by atoms with Crippen molar-refractivity contribution in [3.63, 3.8) is 0 Å². The smallest absolute Gasteiger partial charge is 0.154 e. The van der Waals surface area contributed by atoms with Gasteiger partial charge < -0.3 is 8.83 Å². The quantitative estimate of drug-likeness (QED) is 0.838. The molecule has 2 saturated carbocycles. The fraction of sp³-hybridized carbons (Fsp3) is 0.526. The third-order valence-corrected chi connectivity index (χ3v) is 5.48. The Morgan fingerprint density at radius 1 is 0.818 bits per heavy atom. The Labute approximate surface area is 130 Å². The molecule has 4 rings (SSSR count). The van der Waals surface area contributed by atoms with Crippen LogP contribution in [0.1, 0.15) is 59.9 Å². The summed E-state index contributed by atoms with van der Waals surface area (Å²) in [7, 11) is 0. The summed E-state index contributed by atoms with van der Waals surface area (Å²) in [4.78, 5) is 13.5. The van der Waals surface area contributed by atoms with Gasteiger partial charge in [0, 0.05) is 11.1 Å². The molecule has 2 fully saturated rings. The van der Waals surface area contributed by atoms with E-state index < -0.39 is 0 Å². The maximum Gasteiger partial charge on any atom is 0.154 e. The van der Waals surface area contributed by atoms with E-state index in [0.29, 0.717) is 5.78 Å². The third kappa shape index (κ3) is 1.71. The molecule has 0 bridgehead atoms. The van der Waals surface area contributed by atoms with Crippen molar-refractivity contribution in [2.24, 2.45) is 0 Å². The van der Waals surface area contributed by atoms with Crippen LogP contribution in [0.15, 0.2) is 21.0 Å². The minimum Gasteiger partial charge on any atom is -0.466 e. The van der Waals surface area contributed by atoms with Gasteiger partial charge in [-0.05, 0) is 65.5 Å². The van der Waals surface area contributed by atoms with Crippen LogP contribution < -0.4 is 0 Å². The van der Waals surface area contributed by atoms with E-state index in [1.807, 2.05) is 27.7 Å². The molecular weight excluding hydrogens is 276 g/mol. The molecule has 0 amide bonds. The highest BCUT2D eigenvalue weighted by molar-refractivity contribution is 6.03. The topological polar surface area (TPSA) is 43.4 Å². The summed E-state index contributed by atoms with van der Waals surface area (Å²) in [5.74, 6) is 3.98. The Morgan fingerprint density at radius 3 is 1.41 bits per heavy atom. The number of hydrogen-bond donors (Lipinski definition) is 0. The van der Waals surface area contributed by atoms with Crippen LogP contribution in [0, 0.1) is 27.7 Å². The monoisotopic (exact) mass is 298 g/mol. The number of ketones is 1. The Bertz CT molecular complexity index is 702. The zero-order valence-corrected chi connectivity index (χ0v) is 13.7. The molecule has 3 heteroatoms. The molecule has 0 aromatic carbocycles. The van der Waals surface area contributed by atoms with Gasteiger partial charge in [0.25, 0.3) is 0 Å². The highest BCUT2D eigenvalue weighted by atomic mass is 16.3. The number of carbonyl (C=O) groups excluding carboxylic acids is 1. The predicted octanol–water partition coefficient (Wildman–Crippen LogP) is 4.44. The number of Topliss-reactive ketones (excluding diaryl/α,β-unsaturated/α-hetero) is 1. The number of hydrogen-bond acceptors (Lipinski definition) is 3. The molecule has 0 unspecified atom stereocenters. The summed E-state index contributed by atoms with van der Waals surface area (Å²) in [6, 6.07) is 4.12. The Morgan fingerprint density at radius 2 is 1.18 bits per heavy atom. The molecule has 0 atom stereocenters. The van der Waals surface area contributed by atoms with E-state index in [-0.39, 0.29) is 10.8 Å². The van der Waals surface area contributed by atoms with Crippen molar-refractivity contribution in [2.45, 2.75) is 64.2 Å². The standard InChI is InChI=1S/C19H22O3/c1-11-9-15(13(3)21-11)18(5-6-18)17(20)19(7-8-19)16-10-12(2)22-14(16)4/h9-10H,5-8H2,1-4H3. The SMILES string of the molecule is Cc1cc(C2(C(=O)C3(c4cc(C)oc4C)CC3)CC2)c(C)o1. The van der Waals surface area contributed by atoms with Crippen LogP contribution in [0.5, 0.6) is 0 Å². The van der Waals surface area contributed by atoms with E-state index in [1.165, 1.54) is 0 Å². The minimum atomic E-state index is -0.310. The van der Waals surface area contributed by atoms with Crippen molar-refractivity contribution in [3.05, 3.63) is 46.3 Å². The second-order valence-electron chi connectivity index (χ2n) is 7.15. The largest absolute Gasteiger partial charge is 0.466 e. The molecule has 2 aromatic rings. The molecule has 2 aliphatic rings.